The molecule has 0 aliphatic heterocycles. The first-order valence-corrected chi connectivity index (χ1v) is 8.31. The lowest BCUT2D eigenvalue weighted by Gasteiger charge is -2.16. The molecule has 1 unspecified atom stereocenters. The van der Waals surface area contributed by atoms with Crippen molar-refractivity contribution in [1.29, 1.82) is 0 Å². The summed E-state index contributed by atoms with van der Waals surface area (Å²) in [5.74, 6) is 0.768. The van der Waals surface area contributed by atoms with E-state index in [0.29, 0.717) is 0 Å². The largest absolute Gasteiger partial charge is 0.0805 e. The average Bonchev–Trinajstić information content (AvgIpc) is 2.49. The second-order valence-corrected chi connectivity index (χ2v) is 5.96. The minimum atomic E-state index is 0.768. The maximum atomic E-state index is 2.42. The number of unbranched alkanes of at least 4 members (excludes halogenated alkanes) is 2. The number of benzene rings is 1. The van der Waals surface area contributed by atoms with Gasteiger partial charge in [-0.25, -0.2) is 0 Å². The van der Waals surface area contributed by atoms with Crippen LogP contribution in [0.4, 0.5) is 0 Å². The first kappa shape index (κ1) is 15.1. The molecule has 1 atom stereocenters. The molecular weight excluding hydrogens is 240 g/mol. The van der Waals surface area contributed by atoms with Gasteiger partial charge in [0.1, 0.15) is 0 Å². The van der Waals surface area contributed by atoms with Crippen LogP contribution in [0.3, 0.4) is 0 Å². The highest BCUT2D eigenvalue weighted by molar-refractivity contribution is 5.75. The fourth-order valence-electron chi connectivity index (χ4n) is 2.90. The van der Waals surface area contributed by atoms with E-state index in [0.717, 1.165) is 5.92 Å². The molecule has 0 saturated heterocycles. The molecule has 0 spiro atoms. The fourth-order valence-corrected chi connectivity index (χ4v) is 2.90. The minimum absolute atomic E-state index is 0.768. The van der Waals surface area contributed by atoms with Gasteiger partial charge in [0.05, 0.1) is 0 Å². The van der Waals surface area contributed by atoms with Crippen molar-refractivity contribution in [3.8, 4) is 0 Å². The Morgan fingerprint density at radius 3 is 2.40 bits per heavy atom. The molecule has 1 aliphatic carbocycles. The third kappa shape index (κ3) is 4.37. The molecule has 0 heteroatoms. The molecule has 0 nitrogen and oxygen atoms in total. The standard InChI is InChI=1S/C20H28/c1-3-5-6-8-18-11-15-20(16-12-18)19-13-9-17(7-4-2)10-14-19/h9-11,13-16,18H,3-8,12H2,1-2H3. The van der Waals surface area contributed by atoms with Crippen LogP contribution in [-0.4, -0.2) is 0 Å². The Hall–Kier alpha value is -1.30. The lowest BCUT2D eigenvalue weighted by Crippen LogP contribution is -2.00. The Balaban J connectivity index is 1.90. The van der Waals surface area contributed by atoms with Gasteiger partial charge < -0.3 is 0 Å². The molecule has 1 aromatic carbocycles. The topological polar surface area (TPSA) is 0 Å². The highest BCUT2D eigenvalue weighted by atomic mass is 14.1. The van der Waals surface area contributed by atoms with Crippen LogP contribution in [0.1, 0.15) is 63.5 Å². The normalized spacial score (nSPS) is 18.1. The van der Waals surface area contributed by atoms with Gasteiger partial charge in [-0.1, -0.05) is 82.0 Å². The van der Waals surface area contributed by atoms with Crippen LogP contribution in [0.2, 0.25) is 0 Å². The Kier molecular flexibility index (Phi) is 6.11. The summed E-state index contributed by atoms with van der Waals surface area (Å²) in [6.07, 6.45) is 16.2. The van der Waals surface area contributed by atoms with Gasteiger partial charge in [-0.05, 0) is 41.9 Å². The Bertz CT molecular complexity index is 447. The molecular formula is C20H28. The third-order valence-corrected chi connectivity index (χ3v) is 4.19. The fraction of sp³-hybridized carbons (Fsp3) is 0.500. The zero-order chi connectivity index (χ0) is 14.2. The van der Waals surface area contributed by atoms with Crippen molar-refractivity contribution in [3.63, 3.8) is 0 Å². The molecule has 1 aliphatic rings. The Labute approximate surface area is 124 Å². The summed E-state index contributed by atoms with van der Waals surface area (Å²) < 4.78 is 0. The summed E-state index contributed by atoms with van der Waals surface area (Å²) in [6.45, 7) is 4.51. The molecule has 0 N–H and O–H groups in total. The van der Waals surface area contributed by atoms with Crippen LogP contribution in [0.15, 0.2) is 42.5 Å². The molecule has 0 bridgehead atoms. The molecule has 108 valence electrons. The second kappa shape index (κ2) is 8.09. The smallest absolute Gasteiger partial charge is 0.0187 e. The van der Waals surface area contributed by atoms with Crippen molar-refractivity contribution in [2.45, 2.75) is 58.8 Å². The monoisotopic (exact) mass is 268 g/mol. The van der Waals surface area contributed by atoms with Crippen molar-refractivity contribution >= 4 is 5.57 Å². The molecule has 0 aromatic heterocycles. The van der Waals surface area contributed by atoms with Gasteiger partial charge >= 0.3 is 0 Å². The van der Waals surface area contributed by atoms with E-state index in [1.54, 1.807) is 0 Å². The summed E-state index contributed by atoms with van der Waals surface area (Å²) in [5.41, 5.74) is 4.22. The summed E-state index contributed by atoms with van der Waals surface area (Å²) in [4.78, 5) is 0. The van der Waals surface area contributed by atoms with Crippen LogP contribution in [0, 0.1) is 5.92 Å². The highest BCUT2D eigenvalue weighted by Crippen LogP contribution is 2.27. The number of hydrogen-bond donors (Lipinski definition) is 0. The molecule has 0 radical (unpaired) electrons. The van der Waals surface area contributed by atoms with Crippen LogP contribution in [0.25, 0.3) is 5.57 Å². The average molecular weight is 268 g/mol. The third-order valence-electron chi connectivity index (χ3n) is 4.19. The number of allylic oxidation sites excluding steroid dienone is 4. The van der Waals surface area contributed by atoms with Gasteiger partial charge in [0.25, 0.3) is 0 Å². The second-order valence-electron chi connectivity index (χ2n) is 5.96. The minimum Gasteiger partial charge on any atom is -0.0805 e. The predicted molar refractivity (Wildman–Crippen MR) is 89.8 cm³/mol. The van der Waals surface area contributed by atoms with Gasteiger partial charge in [0.2, 0.25) is 0 Å². The molecule has 2 rings (SSSR count). The lowest BCUT2D eigenvalue weighted by atomic mass is 9.89. The molecule has 0 amide bonds. The number of hydrogen-bond acceptors (Lipinski definition) is 0. The maximum Gasteiger partial charge on any atom is -0.0187 e. The molecule has 1 aromatic rings. The first-order valence-electron chi connectivity index (χ1n) is 8.31. The SMILES string of the molecule is CCCCCC1C=CC(c2ccc(CCC)cc2)=CC1. The van der Waals surface area contributed by atoms with Crippen LogP contribution >= 0.6 is 0 Å². The van der Waals surface area contributed by atoms with Crippen LogP contribution in [0.5, 0.6) is 0 Å². The summed E-state index contributed by atoms with van der Waals surface area (Å²) in [5, 5.41) is 0. The number of aryl methyl sites for hydroxylation is 1. The summed E-state index contributed by atoms with van der Waals surface area (Å²) >= 11 is 0. The van der Waals surface area contributed by atoms with Crippen LogP contribution in [-0.2, 0) is 6.42 Å². The van der Waals surface area contributed by atoms with Crippen molar-refractivity contribution in [2.24, 2.45) is 5.92 Å². The van der Waals surface area contributed by atoms with E-state index in [4.69, 9.17) is 0 Å². The van der Waals surface area contributed by atoms with Crippen molar-refractivity contribution in [3.05, 3.63) is 53.6 Å². The Morgan fingerprint density at radius 2 is 1.80 bits per heavy atom. The van der Waals surface area contributed by atoms with Crippen molar-refractivity contribution in [2.75, 3.05) is 0 Å². The van der Waals surface area contributed by atoms with E-state index in [2.05, 4.69) is 56.3 Å². The van der Waals surface area contributed by atoms with Crippen molar-refractivity contribution < 1.29 is 0 Å². The summed E-state index contributed by atoms with van der Waals surface area (Å²) in [6, 6.07) is 9.11. The van der Waals surface area contributed by atoms with Gasteiger partial charge in [0, 0.05) is 0 Å². The molecule has 0 fully saturated rings. The quantitative estimate of drug-likeness (QED) is 0.518. The first-order chi connectivity index (χ1) is 9.83. The number of rotatable bonds is 7. The van der Waals surface area contributed by atoms with E-state index in [-0.39, 0.29) is 0 Å². The highest BCUT2D eigenvalue weighted by Gasteiger charge is 2.09. The van der Waals surface area contributed by atoms with Crippen LogP contribution < -0.4 is 0 Å². The van der Waals surface area contributed by atoms with Gasteiger partial charge in [-0.15, -0.1) is 0 Å². The van der Waals surface area contributed by atoms with E-state index in [9.17, 15) is 0 Å². The van der Waals surface area contributed by atoms with E-state index < -0.39 is 0 Å². The van der Waals surface area contributed by atoms with Crippen molar-refractivity contribution in [1.82, 2.24) is 0 Å². The Morgan fingerprint density at radius 1 is 1.00 bits per heavy atom. The van der Waals surface area contributed by atoms with Gasteiger partial charge in [-0.3, -0.25) is 0 Å². The zero-order valence-electron chi connectivity index (χ0n) is 13.1. The van der Waals surface area contributed by atoms with Gasteiger partial charge in [-0.2, -0.15) is 0 Å². The molecule has 0 heterocycles. The lowest BCUT2D eigenvalue weighted by molar-refractivity contribution is 0.543. The maximum absolute atomic E-state index is 2.42. The molecule has 20 heavy (non-hydrogen) atoms. The van der Waals surface area contributed by atoms with E-state index >= 15 is 0 Å². The zero-order valence-corrected chi connectivity index (χ0v) is 13.1. The summed E-state index contributed by atoms with van der Waals surface area (Å²) in [7, 11) is 0. The predicted octanol–water partition coefficient (Wildman–Crippen LogP) is 6.18. The van der Waals surface area contributed by atoms with E-state index in [1.165, 1.54) is 61.6 Å². The molecule has 0 saturated carbocycles. The van der Waals surface area contributed by atoms with Gasteiger partial charge in [0.15, 0.2) is 0 Å². The van der Waals surface area contributed by atoms with E-state index in [1.807, 2.05) is 0 Å².